The Morgan fingerprint density at radius 2 is 2.14 bits per heavy atom. The molecule has 1 aliphatic heterocycles. The van der Waals surface area contributed by atoms with Crippen LogP contribution in [0.1, 0.15) is 28.8 Å². The number of thioether (sulfide) groups is 1. The van der Waals surface area contributed by atoms with E-state index in [0.29, 0.717) is 12.3 Å². The highest BCUT2D eigenvalue weighted by atomic mass is 32.2. The summed E-state index contributed by atoms with van der Waals surface area (Å²) in [5, 5.41) is 5.12. The first-order valence-corrected chi connectivity index (χ1v) is 11.5. The van der Waals surface area contributed by atoms with Crippen LogP contribution in [0.25, 0.3) is 10.2 Å². The quantitative estimate of drug-likeness (QED) is 0.511. The fourth-order valence-corrected chi connectivity index (χ4v) is 6.10. The van der Waals surface area contributed by atoms with Gasteiger partial charge in [0.2, 0.25) is 5.91 Å². The molecule has 5 rings (SSSR count). The maximum absolute atomic E-state index is 12.4. The average Bonchev–Trinajstić information content (AvgIpc) is 3.31. The van der Waals surface area contributed by atoms with Crippen LogP contribution >= 0.6 is 23.1 Å². The summed E-state index contributed by atoms with van der Waals surface area (Å²) < 4.78 is 5.89. The fourth-order valence-electron chi connectivity index (χ4n) is 3.95. The number of ether oxygens (including phenoxy) is 1. The number of rotatable bonds is 5. The zero-order valence-electron chi connectivity index (χ0n) is 15.4. The van der Waals surface area contributed by atoms with Gasteiger partial charge in [-0.1, -0.05) is 30.0 Å². The lowest BCUT2D eigenvalue weighted by molar-refractivity contribution is -0.118. The first kappa shape index (κ1) is 17.9. The van der Waals surface area contributed by atoms with Crippen LogP contribution in [0.2, 0.25) is 0 Å². The number of aryl methyl sites for hydroxylation is 2. The lowest BCUT2D eigenvalue weighted by Crippen LogP contribution is -2.35. The Labute approximate surface area is 171 Å². The first-order chi connectivity index (χ1) is 13.8. The molecule has 28 heavy (non-hydrogen) atoms. The van der Waals surface area contributed by atoms with E-state index in [4.69, 9.17) is 4.74 Å². The Hall–Kier alpha value is -2.12. The van der Waals surface area contributed by atoms with E-state index >= 15 is 0 Å². The van der Waals surface area contributed by atoms with E-state index < -0.39 is 0 Å². The smallest absolute Gasteiger partial charge is 0.230 e. The molecule has 0 fully saturated rings. The Kier molecular flexibility index (Phi) is 4.94. The van der Waals surface area contributed by atoms with E-state index in [1.807, 2.05) is 18.2 Å². The molecule has 7 heteroatoms. The van der Waals surface area contributed by atoms with Gasteiger partial charge in [0.05, 0.1) is 12.3 Å². The summed E-state index contributed by atoms with van der Waals surface area (Å²) in [6.07, 6.45) is 7.20. The highest BCUT2D eigenvalue weighted by molar-refractivity contribution is 8.00. The third kappa shape index (κ3) is 3.49. The number of para-hydroxylation sites is 1. The number of fused-ring (bicyclic) bond motifs is 4. The number of aromatic nitrogens is 2. The van der Waals surface area contributed by atoms with Crippen LogP contribution < -0.4 is 10.1 Å². The summed E-state index contributed by atoms with van der Waals surface area (Å²) in [4.78, 5) is 23.8. The topological polar surface area (TPSA) is 64.1 Å². The normalized spacial score (nSPS) is 17.8. The second-order valence-corrected chi connectivity index (χ2v) is 9.26. The molecule has 5 nitrogen and oxygen atoms in total. The lowest BCUT2D eigenvalue weighted by atomic mass is 9.97. The predicted octanol–water partition coefficient (Wildman–Crippen LogP) is 3.78. The van der Waals surface area contributed by atoms with Gasteiger partial charge in [0.1, 0.15) is 28.0 Å². The second-order valence-electron chi connectivity index (χ2n) is 7.21. The summed E-state index contributed by atoms with van der Waals surface area (Å²) >= 11 is 3.30. The standard InChI is InChI=1S/C21H21N3O2S2/c25-18(22-10-14-9-13-5-1-3-7-16(13)26-14)11-27-20-19-15-6-2-4-8-17(15)28-21(19)24-12-23-20/h1,3,5,7,12,14H,2,4,6,8-11H2,(H,22,25). The van der Waals surface area contributed by atoms with Crippen molar-refractivity contribution in [2.24, 2.45) is 0 Å². The first-order valence-electron chi connectivity index (χ1n) is 9.67. The molecule has 144 valence electrons. The Morgan fingerprint density at radius 3 is 3.07 bits per heavy atom. The van der Waals surface area contributed by atoms with Gasteiger partial charge in [-0.25, -0.2) is 9.97 Å². The van der Waals surface area contributed by atoms with Crippen LogP contribution in [0.3, 0.4) is 0 Å². The molecule has 1 unspecified atom stereocenters. The molecule has 3 heterocycles. The molecule has 0 saturated carbocycles. The number of hydrogen-bond donors (Lipinski definition) is 1. The Balaban J connectivity index is 1.20. The molecule has 1 amide bonds. The van der Waals surface area contributed by atoms with Gasteiger partial charge in [0.15, 0.2) is 0 Å². The summed E-state index contributed by atoms with van der Waals surface area (Å²) in [6, 6.07) is 8.05. The zero-order valence-corrected chi connectivity index (χ0v) is 17.1. The van der Waals surface area contributed by atoms with E-state index in [1.54, 1.807) is 17.7 Å². The van der Waals surface area contributed by atoms with E-state index in [2.05, 4.69) is 21.4 Å². The number of benzene rings is 1. The largest absolute Gasteiger partial charge is 0.488 e. The maximum atomic E-state index is 12.4. The van der Waals surface area contributed by atoms with Crippen molar-refractivity contribution < 1.29 is 9.53 Å². The minimum Gasteiger partial charge on any atom is -0.488 e. The molecule has 1 N–H and O–H groups in total. The van der Waals surface area contributed by atoms with Crippen molar-refractivity contribution in [2.75, 3.05) is 12.3 Å². The molecular formula is C21H21N3O2S2. The molecule has 0 spiro atoms. The monoisotopic (exact) mass is 411 g/mol. The van der Waals surface area contributed by atoms with Crippen molar-refractivity contribution in [3.05, 3.63) is 46.6 Å². The SMILES string of the molecule is O=C(CSc1ncnc2sc3c(c12)CCCC3)NCC1Cc2ccccc2O1. The minimum atomic E-state index is 0.0143. The summed E-state index contributed by atoms with van der Waals surface area (Å²) in [5.41, 5.74) is 2.62. The van der Waals surface area contributed by atoms with E-state index in [1.165, 1.54) is 46.0 Å². The molecule has 3 aromatic rings. The van der Waals surface area contributed by atoms with Crippen molar-refractivity contribution in [3.8, 4) is 5.75 Å². The molecule has 2 aromatic heterocycles. The third-order valence-electron chi connectivity index (χ3n) is 5.30. The molecule has 0 radical (unpaired) electrons. The Morgan fingerprint density at radius 1 is 1.25 bits per heavy atom. The molecular weight excluding hydrogens is 390 g/mol. The molecule has 0 bridgehead atoms. The number of nitrogens with zero attached hydrogens (tertiary/aromatic N) is 2. The van der Waals surface area contributed by atoms with Crippen LogP contribution in [0, 0.1) is 0 Å². The highest BCUT2D eigenvalue weighted by Gasteiger charge is 2.23. The van der Waals surface area contributed by atoms with Crippen LogP contribution in [0.5, 0.6) is 5.75 Å². The molecule has 1 aromatic carbocycles. The fraction of sp³-hybridized carbons (Fsp3) is 0.381. The van der Waals surface area contributed by atoms with Gasteiger partial charge in [0.25, 0.3) is 0 Å². The highest BCUT2D eigenvalue weighted by Crippen LogP contribution is 2.39. The van der Waals surface area contributed by atoms with E-state index in [-0.39, 0.29) is 12.0 Å². The van der Waals surface area contributed by atoms with Gasteiger partial charge in [-0.05, 0) is 42.9 Å². The zero-order chi connectivity index (χ0) is 18.9. The summed E-state index contributed by atoms with van der Waals surface area (Å²) in [6.45, 7) is 0.529. The summed E-state index contributed by atoms with van der Waals surface area (Å²) in [7, 11) is 0. The van der Waals surface area contributed by atoms with Crippen LogP contribution in [0.4, 0.5) is 0 Å². The number of amides is 1. The molecule has 2 aliphatic rings. The molecule has 1 atom stereocenters. The van der Waals surface area contributed by atoms with Crippen molar-refractivity contribution in [1.29, 1.82) is 0 Å². The van der Waals surface area contributed by atoms with Crippen LogP contribution in [-0.4, -0.2) is 34.3 Å². The molecule has 0 saturated heterocycles. The lowest BCUT2D eigenvalue weighted by Gasteiger charge is -2.12. The third-order valence-corrected chi connectivity index (χ3v) is 7.49. The van der Waals surface area contributed by atoms with Crippen molar-refractivity contribution >= 4 is 39.2 Å². The second kappa shape index (κ2) is 7.72. The number of carbonyl (C=O) groups is 1. The van der Waals surface area contributed by atoms with Gasteiger partial charge >= 0.3 is 0 Å². The van der Waals surface area contributed by atoms with Crippen LogP contribution in [0.15, 0.2) is 35.6 Å². The number of hydrogen-bond acceptors (Lipinski definition) is 6. The van der Waals surface area contributed by atoms with E-state index in [9.17, 15) is 4.79 Å². The maximum Gasteiger partial charge on any atom is 0.230 e. The van der Waals surface area contributed by atoms with Crippen molar-refractivity contribution in [2.45, 2.75) is 43.2 Å². The summed E-state index contributed by atoms with van der Waals surface area (Å²) in [5.74, 6) is 1.30. The minimum absolute atomic E-state index is 0.0143. The number of nitrogens with one attached hydrogen (secondary N) is 1. The molecule has 1 aliphatic carbocycles. The van der Waals surface area contributed by atoms with Crippen molar-refractivity contribution in [1.82, 2.24) is 15.3 Å². The van der Waals surface area contributed by atoms with Crippen molar-refractivity contribution in [3.63, 3.8) is 0 Å². The van der Waals surface area contributed by atoms with Gasteiger partial charge in [-0.2, -0.15) is 0 Å². The predicted molar refractivity (Wildman–Crippen MR) is 112 cm³/mol. The van der Waals surface area contributed by atoms with Gasteiger partial charge in [-0.15, -0.1) is 11.3 Å². The Bertz CT molecular complexity index is 1010. The van der Waals surface area contributed by atoms with Crippen LogP contribution in [-0.2, 0) is 24.1 Å². The number of carbonyl (C=O) groups excluding carboxylic acids is 1. The average molecular weight is 412 g/mol. The number of thiophene rings is 1. The van der Waals surface area contributed by atoms with Gasteiger partial charge in [0, 0.05) is 16.7 Å². The van der Waals surface area contributed by atoms with E-state index in [0.717, 1.165) is 34.9 Å². The van der Waals surface area contributed by atoms with Gasteiger partial charge < -0.3 is 10.1 Å². The van der Waals surface area contributed by atoms with Gasteiger partial charge in [-0.3, -0.25) is 4.79 Å².